The second-order valence-electron chi connectivity index (χ2n) is 8.28. The Morgan fingerprint density at radius 2 is 1.05 bits per heavy atom. The smallest absolute Gasteiger partial charge is 0.0864 e. The van der Waals surface area contributed by atoms with E-state index < -0.39 is 0 Å². The zero-order valence-electron chi connectivity index (χ0n) is 14.3. The van der Waals surface area contributed by atoms with Gasteiger partial charge < -0.3 is 4.74 Å². The molecule has 112 valence electrons. The lowest BCUT2D eigenvalue weighted by Gasteiger charge is -2.21. The number of allylic oxidation sites excluding steroid dienone is 2. The average molecular weight is 266 g/mol. The highest BCUT2D eigenvalue weighted by Gasteiger charge is 2.13. The Kier molecular flexibility index (Phi) is 7.47. The molecule has 2 atom stereocenters. The van der Waals surface area contributed by atoms with Crippen LogP contribution in [0, 0.1) is 22.7 Å². The molecule has 0 amide bonds. The van der Waals surface area contributed by atoms with Crippen LogP contribution in [0.25, 0.3) is 0 Å². The molecular weight excluding hydrogens is 232 g/mol. The minimum Gasteiger partial charge on any atom is -0.473 e. The molecule has 0 bridgehead atoms. The number of rotatable bonds is 6. The Bertz CT molecular complexity index is 256. The monoisotopic (exact) mass is 266 g/mol. The molecule has 0 aromatic carbocycles. The third-order valence-electron chi connectivity index (χ3n) is 2.84. The van der Waals surface area contributed by atoms with Gasteiger partial charge in [0.25, 0.3) is 0 Å². The maximum atomic E-state index is 5.44. The Labute approximate surface area is 121 Å². The molecule has 1 nitrogen and oxygen atoms in total. The maximum absolute atomic E-state index is 5.44. The maximum Gasteiger partial charge on any atom is 0.0864 e. The third-order valence-corrected chi connectivity index (χ3v) is 2.84. The Morgan fingerprint density at radius 1 is 0.737 bits per heavy atom. The number of ether oxygens (including phenoxy) is 1. The SMILES string of the molecule is CC(/C=C/O/C=C/C(C)CC(C)(C)C)CC(C)(C)C. The van der Waals surface area contributed by atoms with E-state index in [1.807, 2.05) is 12.5 Å². The summed E-state index contributed by atoms with van der Waals surface area (Å²) in [6, 6.07) is 0. The summed E-state index contributed by atoms with van der Waals surface area (Å²) in [5.74, 6) is 1.11. The van der Waals surface area contributed by atoms with E-state index in [9.17, 15) is 0 Å². The van der Waals surface area contributed by atoms with Gasteiger partial charge in [-0.1, -0.05) is 55.4 Å². The van der Waals surface area contributed by atoms with Crippen LogP contribution in [-0.2, 0) is 4.74 Å². The van der Waals surface area contributed by atoms with Crippen LogP contribution in [0.2, 0.25) is 0 Å². The molecule has 0 heterocycles. The van der Waals surface area contributed by atoms with Crippen molar-refractivity contribution in [2.45, 2.75) is 68.2 Å². The molecule has 0 fully saturated rings. The van der Waals surface area contributed by atoms with Crippen LogP contribution in [0.3, 0.4) is 0 Å². The molecule has 1 heteroatoms. The van der Waals surface area contributed by atoms with Crippen molar-refractivity contribution in [3.8, 4) is 0 Å². The van der Waals surface area contributed by atoms with Gasteiger partial charge in [0.2, 0.25) is 0 Å². The molecule has 0 aliphatic heterocycles. The van der Waals surface area contributed by atoms with Gasteiger partial charge in [-0.2, -0.15) is 0 Å². The lowest BCUT2D eigenvalue weighted by atomic mass is 9.85. The first kappa shape index (κ1) is 18.3. The van der Waals surface area contributed by atoms with Gasteiger partial charge in [-0.15, -0.1) is 0 Å². The fourth-order valence-electron chi connectivity index (χ4n) is 2.47. The molecule has 0 radical (unpaired) electrons. The molecule has 2 unspecified atom stereocenters. The minimum absolute atomic E-state index is 0.376. The Hall–Kier alpha value is -0.720. The fourth-order valence-corrected chi connectivity index (χ4v) is 2.47. The summed E-state index contributed by atoms with van der Waals surface area (Å²) in [7, 11) is 0. The van der Waals surface area contributed by atoms with Crippen molar-refractivity contribution >= 4 is 0 Å². The van der Waals surface area contributed by atoms with Gasteiger partial charge in [0.15, 0.2) is 0 Å². The van der Waals surface area contributed by atoms with Crippen molar-refractivity contribution in [3.05, 3.63) is 24.7 Å². The summed E-state index contributed by atoms with van der Waals surface area (Å²) in [4.78, 5) is 0. The van der Waals surface area contributed by atoms with Crippen LogP contribution in [0.4, 0.5) is 0 Å². The van der Waals surface area contributed by atoms with Crippen LogP contribution in [-0.4, -0.2) is 0 Å². The predicted molar refractivity (Wildman–Crippen MR) is 85.8 cm³/mol. The second-order valence-corrected chi connectivity index (χ2v) is 8.28. The summed E-state index contributed by atoms with van der Waals surface area (Å²) < 4.78 is 5.44. The van der Waals surface area contributed by atoms with Gasteiger partial charge in [0.1, 0.15) is 0 Å². The first-order valence-corrected chi connectivity index (χ1v) is 7.48. The summed E-state index contributed by atoms with van der Waals surface area (Å²) in [5, 5.41) is 0. The molecule has 0 spiro atoms. The lowest BCUT2D eigenvalue weighted by Crippen LogP contribution is -2.09. The van der Waals surface area contributed by atoms with E-state index in [-0.39, 0.29) is 0 Å². The zero-order valence-corrected chi connectivity index (χ0v) is 14.3. The van der Waals surface area contributed by atoms with E-state index in [4.69, 9.17) is 4.74 Å². The van der Waals surface area contributed by atoms with Crippen molar-refractivity contribution in [1.82, 2.24) is 0 Å². The zero-order chi connectivity index (χ0) is 15.1. The van der Waals surface area contributed by atoms with Crippen molar-refractivity contribution in [2.75, 3.05) is 0 Å². The quantitative estimate of drug-likeness (QED) is 0.522. The molecule has 0 saturated heterocycles. The molecule has 0 aromatic rings. The van der Waals surface area contributed by atoms with Crippen LogP contribution >= 0.6 is 0 Å². The molecule has 0 saturated carbocycles. The second kappa shape index (κ2) is 7.77. The molecule has 0 aliphatic rings. The highest BCUT2D eigenvalue weighted by atomic mass is 16.5. The first-order valence-electron chi connectivity index (χ1n) is 7.48. The molecule has 0 aliphatic carbocycles. The predicted octanol–water partition coefficient (Wildman–Crippen LogP) is 6.18. The van der Waals surface area contributed by atoms with Crippen molar-refractivity contribution < 1.29 is 4.74 Å². The third kappa shape index (κ3) is 13.5. The molecule has 0 N–H and O–H groups in total. The average Bonchev–Trinajstić information content (AvgIpc) is 2.10. The fraction of sp³-hybridized carbons (Fsp3) is 0.778. The van der Waals surface area contributed by atoms with Crippen LogP contribution in [0.1, 0.15) is 68.2 Å². The molecular formula is C18H34O. The lowest BCUT2D eigenvalue weighted by molar-refractivity contribution is 0.324. The van der Waals surface area contributed by atoms with Gasteiger partial charge in [-0.3, -0.25) is 0 Å². The van der Waals surface area contributed by atoms with E-state index in [0.29, 0.717) is 22.7 Å². The van der Waals surface area contributed by atoms with Crippen LogP contribution in [0.5, 0.6) is 0 Å². The van der Waals surface area contributed by atoms with Gasteiger partial charge in [0.05, 0.1) is 12.5 Å². The summed E-state index contributed by atoms with van der Waals surface area (Å²) >= 11 is 0. The molecule has 0 aromatic heterocycles. The van der Waals surface area contributed by atoms with E-state index in [0.717, 1.165) is 0 Å². The highest BCUT2D eigenvalue weighted by molar-refractivity contribution is 4.88. The largest absolute Gasteiger partial charge is 0.473 e. The molecule has 0 rings (SSSR count). The van der Waals surface area contributed by atoms with Gasteiger partial charge in [0, 0.05) is 0 Å². The van der Waals surface area contributed by atoms with E-state index in [1.54, 1.807) is 0 Å². The highest BCUT2D eigenvalue weighted by Crippen LogP contribution is 2.25. The Morgan fingerprint density at radius 3 is 1.32 bits per heavy atom. The standard InChI is InChI=1S/C18H34O/c1-15(13-17(3,4)5)9-11-19-12-10-16(2)14-18(6,7)8/h9-12,15-16H,13-14H2,1-8H3/b11-9+,12-10+. The van der Waals surface area contributed by atoms with Gasteiger partial charge >= 0.3 is 0 Å². The topological polar surface area (TPSA) is 9.23 Å². The summed E-state index contributed by atoms with van der Waals surface area (Å²) in [6.07, 6.45) is 10.3. The van der Waals surface area contributed by atoms with Crippen LogP contribution in [0.15, 0.2) is 24.7 Å². The van der Waals surface area contributed by atoms with Gasteiger partial charge in [-0.25, -0.2) is 0 Å². The first-order chi connectivity index (χ1) is 8.49. The van der Waals surface area contributed by atoms with Gasteiger partial charge in [-0.05, 0) is 47.7 Å². The van der Waals surface area contributed by atoms with Crippen LogP contribution < -0.4 is 0 Å². The number of hydrogen-bond donors (Lipinski definition) is 0. The normalized spacial score (nSPS) is 17.1. The van der Waals surface area contributed by atoms with Crippen molar-refractivity contribution in [2.24, 2.45) is 22.7 Å². The van der Waals surface area contributed by atoms with E-state index in [1.165, 1.54) is 12.8 Å². The Balaban J connectivity index is 3.96. The van der Waals surface area contributed by atoms with E-state index in [2.05, 4.69) is 67.5 Å². The van der Waals surface area contributed by atoms with Crippen molar-refractivity contribution in [1.29, 1.82) is 0 Å². The summed E-state index contributed by atoms with van der Waals surface area (Å²) in [5.41, 5.74) is 0.752. The van der Waals surface area contributed by atoms with E-state index >= 15 is 0 Å². The number of hydrogen-bond acceptors (Lipinski definition) is 1. The molecule has 19 heavy (non-hydrogen) atoms. The summed E-state index contributed by atoms with van der Waals surface area (Å²) in [6.45, 7) is 18.1. The van der Waals surface area contributed by atoms with Crippen molar-refractivity contribution in [3.63, 3.8) is 0 Å². The minimum atomic E-state index is 0.376.